The number of pyridine rings is 1. The highest BCUT2D eigenvalue weighted by Crippen LogP contribution is 2.23. The molecule has 6 nitrogen and oxygen atoms in total. The summed E-state index contributed by atoms with van der Waals surface area (Å²) in [6, 6.07) is 14.2. The third-order valence-electron chi connectivity index (χ3n) is 5.36. The molecule has 3 aromatic heterocycles. The monoisotopic (exact) mass is 399 g/mol. The van der Waals surface area contributed by atoms with Crippen LogP contribution in [-0.2, 0) is 0 Å². The summed E-state index contributed by atoms with van der Waals surface area (Å²) in [4.78, 5) is 17.1. The number of nitrogens with zero attached hydrogens (tertiary/aromatic N) is 4. The minimum atomic E-state index is -0.286. The van der Waals surface area contributed by atoms with Crippen LogP contribution < -0.4 is 5.43 Å². The second kappa shape index (κ2) is 7.63. The van der Waals surface area contributed by atoms with Gasteiger partial charge >= 0.3 is 0 Å². The van der Waals surface area contributed by atoms with Gasteiger partial charge in [-0.2, -0.15) is 5.10 Å². The molecule has 4 rings (SSSR count). The molecular formula is C24H25N5O. The predicted octanol–water partition coefficient (Wildman–Crippen LogP) is 4.43. The molecule has 1 N–H and O–H groups in total. The van der Waals surface area contributed by atoms with E-state index in [9.17, 15) is 4.79 Å². The van der Waals surface area contributed by atoms with Crippen molar-refractivity contribution in [2.45, 2.75) is 34.6 Å². The molecule has 0 radical (unpaired) electrons. The van der Waals surface area contributed by atoms with E-state index in [1.54, 1.807) is 10.6 Å². The third kappa shape index (κ3) is 3.41. The number of amides is 1. The molecule has 0 saturated carbocycles. The Morgan fingerprint density at radius 2 is 1.87 bits per heavy atom. The van der Waals surface area contributed by atoms with Crippen molar-refractivity contribution >= 4 is 17.8 Å². The van der Waals surface area contributed by atoms with Gasteiger partial charge in [0.25, 0.3) is 5.91 Å². The topological polar surface area (TPSA) is 63.7 Å². The number of hydrogen-bond donors (Lipinski definition) is 1. The Balaban J connectivity index is 1.60. The van der Waals surface area contributed by atoms with Crippen molar-refractivity contribution in [3.8, 4) is 5.69 Å². The highest BCUT2D eigenvalue weighted by Gasteiger charge is 2.16. The van der Waals surface area contributed by atoms with Crippen LogP contribution in [0, 0.1) is 34.6 Å². The summed E-state index contributed by atoms with van der Waals surface area (Å²) in [5, 5.41) is 4.22. The van der Waals surface area contributed by atoms with Crippen LogP contribution in [0.4, 0.5) is 0 Å². The molecule has 0 fully saturated rings. The summed E-state index contributed by atoms with van der Waals surface area (Å²) in [5.74, 6) is -0.286. The summed E-state index contributed by atoms with van der Waals surface area (Å²) in [5.41, 5.74) is 11.3. The van der Waals surface area contributed by atoms with Crippen LogP contribution in [0.25, 0.3) is 11.3 Å². The van der Waals surface area contributed by atoms with Crippen LogP contribution in [0.1, 0.15) is 44.3 Å². The number of imidazole rings is 1. The summed E-state index contributed by atoms with van der Waals surface area (Å²) in [7, 11) is 0. The molecule has 30 heavy (non-hydrogen) atoms. The Morgan fingerprint density at radius 3 is 2.67 bits per heavy atom. The van der Waals surface area contributed by atoms with Crippen LogP contribution in [0.15, 0.2) is 53.8 Å². The van der Waals surface area contributed by atoms with E-state index in [-0.39, 0.29) is 5.91 Å². The first kappa shape index (κ1) is 19.6. The maximum absolute atomic E-state index is 12.7. The Kier molecular flexibility index (Phi) is 4.99. The molecule has 152 valence electrons. The summed E-state index contributed by atoms with van der Waals surface area (Å²) < 4.78 is 3.99. The zero-order valence-electron chi connectivity index (χ0n) is 17.9. The van der Waals surface area contributed by atoms with E-state index in [4.69, 9.17) is 0 Å². The largest absolute Gasteiger partial charge is 0.318 e. The Bertz CT molecular complexity index is 1290. The average molecular weight is 399 g/mol. The number of nitrogens with one attached hydrogen (secondary N) is 1. The molecule has 0 aliphatic rings. The molecule has 6 heteroatoms. The first-order valence-corrected chi connectivity index (χ1v) is 9.90. The van der Waals surface area contributed by atoms with Crippen LogP contribution in [0.3, 0.4) is 0 Å². The van der Waals surface area contributed by atoms with Gasteiger partial charge in [0.2, 0.25) is 0 Å². The number of carbonyl (C=O) groups excluding carboxylic acids is 1. The lowest BCUT2D eigenvalue weighted by Gasteiger charge is -2.13. The molecule has 3 heterocycles. The van der Waals surface area contributed by atoms with Crippen LogP contribution >= 0.6 is 0 Å². The molecule has 4 aromatic rings. The molecule has 0 spiro atoms. The SMILES string of the molecule is Cc1ccc(C)c(-n2c(C)cc(/C=N/NC(=O)c3c(C)nc4ccccn34)c2C)c1. The molecule has 0 atom stereocenters. The third-order valence-corrected chi connectivity index (χ3v) is 5.36. The van der Waals surface area contributed by atoms with Crippen molar-refractivity contribution in [3.63, 3.8) is 0 Å². The average Bonchev–Trinajstić information content (AvgIpc) is 3.19. The van der Waals surface area contributed by atoms with Gasteiger partial charge in [0, 0.05) is 28.8 Å². The first-order chi connectivity index (χ1) is 14.4. The zero-order chi connectivity index (χ0) is 21.4. The number of rotatable bonds is 4. The minimum Gasteiger partial charge on any atom is -0.318 e. The van der Waals surface area contributed by atoms with Crippen molar-refractivity contribution in [1.29, 1.82) is 0 Å². The normalized spacial score (nSPS) is 11.5. The predicted molar refractivity (Wildman–Crippen MR) is 120 cm³/mol. The van der Waals surface area contributed by atoms with E-state index in [2.05, 4.69) is 72.0 Å². The van der Waals surface area contributed by atoms with Crippen LogP contribution in [-0.4, -0.2) is 26.1 Å². The quantitative estimate of drug-likeness (QED) is 0.408. The fourth-order valence-electron chi connectivity index (χ4n) is 3.85. The molecular weight excluding hydrogens is 374 g/mol. The Hall–Kier alpha value is -3.67. The number of carbonyl (C=O) groups is 1. The summed E-state index contributed by atoms with van der Waals surface area (Å²) >= 11 is 0. The van der Waals surface area contributed by atoms with Gasteiger partial charge in [-0.1, -0.05) is 18.2 Å². The lowest BCUT2D eigenvalue weighted by molar-refractivity contribution is 0.0948. The highest BCUT2D eigenvalue weighted by atomic mass is 16.2. The van der Waals surface area contributed by atoms with Crippen molar-refractivity contribution in [3.05, 3.63) is 88.1 Å². The van der Waals surface area contributed by atoms with Crippen molar-refractivity contribution < 1.29 is 4.79 Å². The zero-order valence-corrected chi connectivity index (χ0v) is 17.9. The molecule has 1 amide bonds. The van der Waals surface area contributed by atoms with Gasteiger partial charge in [0.15, 0.2) is 0 Å². The van der Waals surface area contributed by atoms with E-state index in [0.717, 1.165) is 28.3 Å². The highest BCUT2D eigenvalue weighted by molar-refractivity contribution is 5.95. The number of fused-ring (bicyclic) bond motifs is 1. The van der Waals surface area contributed by atoms with Gasteiger partial charge in [-0.15, -0.1) is 0 Å². The van der Waals surface area contributed by atoms with Gasteiger partial charge in [0.05, 0.1) is 11.9 Å². The molecule has 0 aliphatic carbocycles. The fourth-order valence-corrected chi connectivity index (χ4v) is 3.85. The molecule has 0 aliphatic heterocycles. The summed E-state index contributed by atoms with van der Waals surface area (Å²) in [6.07, 6.45) is 3.52. The lowest BCUT2D eigenvalue weighted by Crippen LogP contribution is -2.20. The van der Waals surface area contributed by atoms with Gasteiger partial charge in [-0.3, -0.25) is 9.20 Å². The van der Waals surface area contributed by atoms with E-state index in [0.29, 0.717) is 11.4 Å². The van der Waals surface area contributed by atoms with Crippen LogP contribution in [0.2, 0.25) is 0 Å². The van der Waals surface area contributed by atoms with E-state index in [1.165, 1.54) is 11.1 Å². The number of benzene rings is 1. The van der Waals surface area contributed by atoms with Crippen molar-refractivity contribution in [2.75, 3.05) is 0 Å². The molecule has 0 bridgehead atoms. The smallest absolute Gasteiger partial charge is 0.290 e. The second-order valence-electron chi connectivity index (χ2n) is 7.63. The van der Waals surface area contributed by atoms with Gasteiger partial charge in [-0.25, -0.2) is 10.4 Å². The Morgan fingerprint density at radius 1 is 1.07 bits per heavy atom. The van der Waals surface area contributed by atoms with E-state index >= 15 is 0 Å². The van der Waals surface area contributed by atoms with E-state index < -0.39 is 0 Å². The van der Waals surface area contributed by atoms with Crippen molar-refractivity contribution in [1.82, 2.24) is 19.4 Å². The van der Waals surface area contributed by atoms with Gasteiger partial charge in [-0.05, 0) is 70.0 Å². The lowest BCUT2D eigenvalue weighted by atomic mass is 10.1. The van der Waals surface area contributed by atoms with Gasteiger partial charge in [0.1, 0.15) is 11.3 Å². The number of hydrogen-bond acceptors (Lipinski definition) is 3. The maximum atomic E-state index is 12.7. The number of hydrazone groups is 1. The van der Waals surface area contributed by atoms with E-state index in [1.807, 2.05) is 31.3 Å². The Labute approximate surface area is 175 Å². The van der Waals surface area contributed by atoms with Crippen molar-refractivity contribution in [2.24, 2.45) is 5.10 Å². The first-order valence-electron chi connectivity index (χ1n) is 9.90. The molecule has 0 saturated heterocycles. The standard InChI is InChI=1S/C24H25N5O/c1-15-9-10-16(2)21(12-15)29-17(3)13-20(19(29)5)14-25-27-24(30)23-18(4)26-22-8-6-7-11-28(22)23/h6-14H,1-5H3,(H,27,30)/b25-14+. The van der Waals surface area contributed by atoms with Crippen LogP contribution in [0.5, 0.6) is 0 Å². The summed E-state index contributed by atoms with van der Waals surface area (Å²) in [6.45, 7) is 10.2. The maximum Gasteiger partial charge on any atom is 0.290 e. The molecule has 1 aromatic carbocycles. The van der Waals surface area contributed by atoms with Gasteiger partial charge < -0.3 is 4.57 Å². The number of aromatic nitrogens is 3. The number of aryl methyl sites for hydroxylation is 4. The molecule has 0 unspecified atom stereocenters. The second-order valence-corrected chi connectivity index (χ2v) is 7.63. The fraction of sp³-hybridized carbons (Fsp3) is 0.208. The minimum absolute atomic E-state index is 0.286.